The molecular formula is C18H14O2. The fourth-order valence-electron chi connectivity index (χ4n) is 2.26. The maximum Gasteiger partial charge on any atom is 0.123 e. The molecule has 0 bridgehead atoms. The summed E-state index contributed by atoms with van der Waals surface area (Å²) in [6, 6.07) is 22.3. The van der Waals surface area contributed by atoms with Crippen LogP contribution in [-0.4, -0.2) is 10.2 Å². The number of hydrogen-bond acceptors (Lipinski definition) is 2. The van der Waals surface area contributed by atoms with Crippen LogP contribution >= 0.6 is 0 Å². The fourth-order valence-corrected chi connectivity index (χ4v) is 2.26. The molecular weight excluding hydrogens is 248 g/mol. The van der Waals surface area contributed by atoms with E-state index in [1.54, 1.807) is 24.3 Å². The molecule has 2 heteroatoms. The topological polar surface area (TPSA) is 40.5 Å². The molecule has 0 unspecified atom stereocenters. The Morgan fingerprint density at radius 1 is 0.450 bits per heavy atom. The summed E-state index contributed by atoms with van der Waals surface area (Å²) in [5.41, 5.74) is 3.50. The highest BCUT2D eigenvalue weighted by Gasteiger charge is 2.05. The summed E-state index contributed by atoms with van der Waals surface area (Å²) in [5.74, 6) is 0.533. The van der Waals surface area contributed by atoms with Gasteiger partial charge in [-0.1, -0.05) is 60.7 Å². The summed E-state index contributed by atoms with van der Waals surface area (Å²) in [5, 5.41) is 19.7. The Balaban J connectivity index is 2.01. The average molecular weight is 262 g/mol. The van der Waals surface area contributed by atoms with Crippen LogP contribution in [0.4, 0.5) is 0 Å². The van der Waals surface area contributed by atoms with Gasteiger partial charge in [-0.15, -0.1) is 0 Å². The molecule has 0 aromatic heterocycles. The first-order valence-corrected chi connectivity index (χ1v) is 6.42. The fraction of sp³-hybridized carbons (Fsp3) is 0. The van der Waals surface area contributed by atoms with Crippen LogP contribution in [-0.2, 0) is 0 Å². The largest absolute Gasteiger partial charge is 0.507 e. The Labute approximate surface area is 117 Å². The van der Waals surface area contributed by atoms with Crippen molar-refractivity contribution in [2.45, 2.75) is 0 Å². The monoisotopic (exact) mass is 262 g/mol. The normalized spacial score (nSPS) is 10.4. The summed E-state index contributed by atoms with van der Waals surface area (Å²) in [7, 11) is 0. The summed E-state index contributed by atoms with van der Waals surface area (Å²) >= 11 is 0. The van der Waals surface area contributed by atoms with Crippen molar-refractivity contribution in [3.8, 4) is 33.8 Å². The Hall–Kier alpha value is -2.74. The minimum atomic E-state index is 0.266. The second kappa shape index (κ2) is 5.10. The smallest absolute Gasteiger partial charge is 0.123 e. The van der Waals surface area contributed by atoms with Crippen LogP contribution in [0.15, 0.2) is 72.8 Å². The lowest BCUT2D eigenvalue weighted by Crippen LogP contribution is -1.81. The lowest BCUT2D eigenvalue weighted by atomic mass is 9.99. The van der Waals surface area contributed by atoms with Gasteiger partial charge < -0.3 is 10.2 Å². The molecule has 0 saturated carbocycles. The predicted octanol–water partition coefficient (Wildman–Crippen LogP) is 4.43. The maximum absolute atomic E-state index is 9.85. The van der Waals surface area contributed by atoms with Gasteiger partial charge in [-0.3, -0.25) is 0 Å². The van der Waals surface area contributed by atoms with Crippen molar-refractivity contribution in [2.75, 3.05) is 0 Å². The standard InChI is InChI=1S/C18H14O2/c19-17-7-3-1-5-15(17)13-9-11-14(12-10-13)16-6-2-4-8-18(16)20/h1-12,19-20H. The van der Waals surface area contributed by atoms with E-state index in [0.29, 0.717) is 0 Å². The zero-order valence-corrected chi connectivity index (χ0v) is 10.8. The SMILES string of the molecule is Oc1ccccc1-c1ccc(-c2ccccc2O)cc1. The molecule has 0 heterocycles. The number of aromatic hydroxyl groups is 2. The minimum absolute atomic E-state index is 0.266. The second-order valence-corrected chi connectivity index (χ2v) is 4.61. The van der Waals surface area contributed by atoms with Crippen molar-refractivity contribution in [1.82, 2.24) is 0 Å². The molecule has 0 aliphatic carbocycles. The molecule has 2 nitrogen and oxygen atoms in total. The molecule has 3 aromatic carbocycles. The van der Waals surface area contributed by atoms with E-state index in [1.807, 2.05) is 48.5 Å². The van der Waals surface area contributed by atoms with Gasteiger partial charge in [-0.2, -0.15) is 0 Å². The van der Waals surface area contributed by atoms with Crippen LogP contribution in [0.3, 0.4) is 0 Å². The van der Waals surface area contributed by atoms with E-state index in [1.165, 1.54) is 0 Å². The van der Waals surface area contributed by atoms with E-state index in [-0.39, 0.29) is 11.5 Å². The van der Waals surface area contributed by atoms with Crippen LogP contribution in [0.2, 0.25) is 0 Å². The second-order valence-electron chi connectivity index (χ2n) is 4.61. The number of phenols is 2. The van der Waals surface area contributed by atoms with Crippen molar-refractivity contribution >= 4 is 0 Å². The van der Waals surface area contributed by atoms with Gasteiger partial charge in [0.25, 0.3) is 0 Å². The van der Waals surface area contributed by atoms with Crippen LogP contribution in [0, 0.1) is 0 Å². The van der Waals surface area contributed by atoms with Gasteiger partial charge >= 0.3 is 0 Å². The third-order valence-corrected chi connectivity index (χ3v) is 3.32. The third-order valence-electron chi connectivity index (χ3n) is 3.32. The van der Waals surface area contributed by atoms with E-state index in [4.69, 9.17) is 0 Å². The van der Waals surface area contributed by atoms with E-state index < -0.39 is 0 Å². The Kier molecular flexibility index (Phi) is 3.13. The number of phenolic OH excluding ortho intramolecular Hbond substituents is 2. The van der Waals surface area contributed by atoms with Crippen molar-refractivity contribution in [3.05, 3.63) is 72.8 Å². The van der Waals surface area contributed by atoms with E-state index >= 15 is 0 Å². The van der Waals surface area contributed by atoms with Gasteiger partial charge in [0.15, 0.2) is 0 Å². The molecule has 0 aliphatic heterocycles. The number of rotatable bonds is 2. The van der Waals surface area contributed by atoms with Crippen LogP contribution in [0.1, 0.15) is 0 Å². The minimum Gasteiger partial charge on any atom is -0.507 e. The van der Waals surface area contributed by atoms with Crippen molar-refractivity contribution in [1.29, 1.82) is 0 Å². The molecule has 20 heavy (non-hydrogen) atoms. The zero-order valence-electron chi connectivity index (χ0n) is 10.8. The van der Waals surface area contributed by atoms with E-state index in [9.17, 15) is 10.2 Å². The lowest BCUT2D eigenvalue weighted by molar-refractivity contribution is 0.476. The van der Waals surface area contributed by atoms with Gasteiger partial charge in [0.1, 0.15) is 11.5 Å². The summed E-state index contributed by atoms with van der Waals surface area (Å²) < 4.78 is 0. The summed E-state index contributed by atoms with van der Waals surface area (Å²) in [6.45, 7) is 0. The van der Waals surface area contributed by atoms with Crippen molar-refractivity contribution in [2.24, 2.45) is 0 Å². The van der Waals surface area contributed by atoms with Crippen LogP contribution in [0.5, 0.6) is 11.5 Å². The first-order chi connectivity index (χ1) is 9.75. The van der Waals surface area contributed by atoms with E-state index in [2.05, 4.69) is 0 Å². The molecule has 0 atom stereocenters. The molecule has 0 aliphatic rings. The molecule has 3 aromatic rings. The number of benzene rings is 3. The first kappa shape index (κ1) is 12.3. The maximum atomic E-state index is 9.85. The molecule has 0 spiro atoms. The predicted molar refractivity (Wildman–Crippen MR) is 80.6 cm³/mol. The highest BCUT2D eigenvalue weighted by molar-refractivity contribution is 5.75. The lowest BCUT2D eigenvalue weighted by Gasteiger charge is -2.07. The van der Waals surface area contributed by atoms with Crippen LogP contribution in [0.25, 0.3) is 22.3 Å². The zero-order chi connectivity index (χ0) is 13.9. The molecule has 0 saturated heterocycles. The Morgan fingerprint density at radius 3 is 1.15 bits per heavy atom. The van der Waals surface area contributed by atoms with E-state index in [0.717, 1.165) is 22.3 Å². The van der Waals surface area contributed by atoms with Gasteiger partial charge in [0, 0.05) is 11.1 Å². The molecule has 0 amide bonds. The quantitative estimate of drug-likeness (QED) is 0.717. The molecule has 98 valence electrons. The van der Waals surface area contributed by atoms with Gasteiger partial charge in [0.2, 0.25) is 0 Å². The number of para-hydroxylation sites is 2. The molecule has 0 radical (unpaired) electrons. The molecule has 0 fully saturated rings. The van der Waals surface area contributed by atoms with Gasteiger partial charge in [0.05, 0.1) is 0 Å². The van der Waals surface area contributed by atoms with Crippen molar-refractivity contribution < 1.29 is 10.2 Å². The average Bonchev–Trinajstić information content (AvgIpc) is 2.49. The highest BCUT2D eigenvalue weighted by Crippen LogP contribution is 2.33. The van der Waals surface area contributed by atoms with Crippen molar-refractivity contribution in [3.63, 3.8) is 0 Å². The van der Waals surface area contributed by atoms with Crippen LogP contribution < -0.4 is 0 Å². The Morgan fingerprint density at radius 2 is 0.800 bits per heavy atom. The van der Waals surface area contributed by atoms with Gasteiger partial charge in [-0.05, 0) is 23.3 Å². The highest BCUT2D eigenvalue weighted by atomic mass is 16.3. The summed E-state index contributed by atoms with van der Waals surface area (Å²) in [6.07, 6.45) is 0. The molecule has 3 rings (SSSR count). The van der Waals surface area contributed by atoms with Gasteiger partial charge in [-0.25, -0.2) is 0 Å². The summed E-state index contributed by atoms with van der Waals surface area (Å²) in [4.78, 5) is 0. The molecule has 2 N–H and O–H groups in total. The first-order valence-electron chi connectivity index (χ1n) is 6.42. The Bertz CT molecular complexity index is 666. The number of hydrogen-bond donors (Lipinski definition) is 2. The third kappa shape index (κ3) is 2.24.